The number of hydrogen-bond donors (Lipinski definition) is 2. The number of nitrogens with one attached hydrogen (secondary N) is 2. The lowest BCUT2D eigenvalue weighted by molar-refractivity contribution is 0.102. The fraction of sp³-hybridized carbons (Fsp3) is 0.205. The lowest BCUT2D eigenvalue weighted by Crippen LogP contribution is -2.46. The van der Waals surface area contributed by atoms with Crippen LogP contribution in [0, 0.1) is 0 Å². The zero-order valence-corrected chi connectivity index (χ0v) is 31.9. The molecule has 0 saturated carbocycles. The standard InChI is InChI=1S/C44H45ClN6O3/c1-43(2,3)51(37-24-22-36(23-25-37)47-41(52)38-26-21-35(45)31-39(38)49(4)5)42(53)54-30-29-50-40(27-28-46-50)48-44(32-15-9-6-10-16-32,33-17-11-7-12-18-33)34-19-13-8-14-20-34/h6-28,31,48H,29-30H2,1-5H3,(H,47,52). The normalized spacial score (nSPS) is 11.4. The minimum atomic E-state index is -0.740. The molecule has 6 rings (SSSR count). The Kier molecular flexibility index (Phi) is 11.4. The first kappa shape index (κ1) is 37.7. The highest BCUT2D eigenvalue weighted by molar-refractivity contribution is 6.31. The molecule has 0 spiro atoms. The minimum absolute atomic E-state index is 0.0836. The van der Waals surface area contributed by atoms with Crippen molar-refractivity contribution in [1.82, 2.24) is 9.78 Å². The molecule has 2 amide bonds. The maximum Gasteiger partial charge on any atom is 0.414 e. The van der Waals surface area contributed by atoms with Crippen LogP contribution in [-0.4, -0.2) is 48.0 Å². The molecule has 0 saturated heterocycles. The van der Waals surface area contributed by atoms with Crippen molar-refractivity contribution in [1.29, 1.82) is 0 Å². The van der Waals surface area contributed by atoms with Crippen LogP contribution in [0.5, 0.6) is 0 Å². The zero-order valence-electron chi connectivity index (χ0n) is 31.2. The Bertz CT molecular complexity index is 2070. The lowest BCUT2D eigenvalue weighted by atomic mass is 9.77. The average Bonchev–Trinajstić information content (AvgIpc) is 3.61. The number of aromatic nitrogens is 2. The van der Waals surface area contributed by atoms with Crippen LogP contribution < -0.4 is 20.4 Å². The van der Waals surface area contributed by atoms with Gasteiger partial charge in [-0.05, 0) is 79.9 Å². The fourth-order valence-corrected chi connectivity index (χ4v) is 6.77. The zero-order chi connectivity index (χ0) is 38.3. The first-order chi connectivity index (χ1) is 26.0. The number of amides is 2. The van der Waals surface area contributed by atoms with Crippen LogP contribution >= 0.6 is 11.6 Å². The third-order valence-electron chi connectivity index (χ3n) is 9.10. The molecule has 1 aromatic heterocycles. The maximum atomic E-state index is 13.7. The molecule has 276 valence electrons. The SMILES string of the molecule is CN(C)c1cc(Cl)ccc1C(=O)Nc1ccc(N(C(=O)OCCn2nccc2NC(c2ccccc2)(c2ccccc2)c2ccccc2)C(C)(C)C)cc1. The van der Waals surface area contributed by atoms with E-state index >= 15 is 0 Å². The van der Waals surface area contributed by atoms with Crippen LogP contribution in [-0.2, 0) is 16.8 Å². The fourth-order valence-electron chi connectivity index (χ4n) is 6.60. The van der Waals surface area contributed by atoms with E-state index in [1.54, 1.807) is 53.6 Å². The monoisotopic (exact) mass is 740 g/mol. The molecular weight excluding hydrogens is 696 g/mol. The molecule has 0 unspecified atom stereocenters. The van der Waals surface area contributed by atoms with E-state index in [2.05, 4.69) is 52.1 Å². The number of halogens is 1. The van der Waals surface area contributed by atoms with E-state index in [0.717, 1.165) is 22.5 Å². The quantitative estimate of drug-likeness (QED) is 0.122. The molecule has 54 heavy (non-hydrogen) atoms. The highest BCUT2D eigenvalue weighted by atomic mass is 35.5. The van der Waals surface area contributed by atoms with E-state index in [9.17, 15) is 9.59 Å². The van der Waals surface area contributed by atoms with Gasteiger partial charge in [-0.2, -0.15) is 5.10 Å². The molecule has 0 fully saturated rings. The molecule has 10 heteroatoms. The van der Waals surface area contributed by atoms with Crippen LogP contribution in [0.1, 0.15) is 47.8 Å². The summed E-state index contributed by atoms with van der Waals surface area (Å²) in [5, 5.41) is 12.0. The van der Waals surface area contributed by atoms with Crippen molar-refractivity contribution >= 4 is 46.5 Å². The summed E-state index contributed by atoms with van der Waals surface area (Å²) < 4.78 is 7.73. The summed E-state index contributed by atoms with van der Waals surface area (Å²) in [6, 6.07) is 45.2. The highest BCUT2D eigenvalue weighted by Gasteiger charge is 2.37. The van der Waals surface area contributed by atoms with Gasteiger partial charge in [-0.3, -0.25) is 9.69 Å². The van der Waals surface area contributed by atoms with Gasteiger partial charge in [0.15, 0.2) is 0 Å². The number of carbonyl (C=O) groups is 2. The summed E-state index contributed by atoms with van der Waals surface area (Å²) in [7, 11) is 3.72. The molecule has 0 aliphatic heterocycles. The molecule has 2 N–H and O–H groups in total. The number of nitrogens with zero attached hydrogens (tertiary/aromatic N) is 4. The lowest BCUT2D eigenvalue weighted by Gasteiger charge is -2.37. The Morgan fingerprint density at radius 3 is 1.83 bits per heavy atom. The van der Waals surface area contributed by atoms with Gasteiger partial charge in [0.05, 0.1) is 24.0 Å². The second kappa shape index (κ2) is 16.3. The van der Waals surface area contributed by atoms with Gasteiger partial charge in [-0.1, -0.05) is 103 Å². The van der Waals surface area contributed by atoms with Gasteiger partial charge in [-0.15, -0.1) is 0 Å². The number of ether oxygens (including phenoxy) is 1. The predicted octanol–water partition coefficient (Wildman–Crippen LogP) is 9.70. The summed E-state index contributed by atoms with van der Waals surface area (Å²) in [6.45, 7) is 6.23. The molecule has 0 radical (unpaired) electrons. The molecule has 1 heterocycles. The van der Waals surface area contributed by atoms with Crippen LogP contribution in [0.2, 0.25) is 5.02 Å². The largest absolute Gasteiger partial charge is 0.447 e. The Hall–Kier alpha value is -6.06. The summed E-state index contributed by atoms with van der Waals surface area (Å²) in [6.07, 6.45) is 1.25. The Morgan fingerprint density at radius 1 is 0.759 bits per heavy atom. The molecule has 0 aliphatic rings. The van der Waals surface area contributed by atoms with Crippen LogP contribution in [0.4, 0.5) is 27.7 Å². The Morgan fingerprint density at radius 2 is 1.31 bits per heavy atom. The number of carbonyl (C=O) groups excluding carboxylic acids is 2. The first-order valence-electron chi connectivity index (χ1n) is 17.8. The number of rotatable bonds is 12. The van der Waals surface area contributed by atoms with Gasteiger partial charge in [0, 0.05) is 42.1 Å². The highest BCUT2D eigenvalue weighted by Crippen LogP contribution is 2.40. The summed E-state index contributed by atoms with van der Waals surface area (Å²) in [5.41, 5.74) is 4.27. The van der Waals surface area contributed by atoms with E-state index in [1.807, 2.05) is 105 Å². The summed E-state index contributed by atoms with van der Waals surface area (Å²) in [5.74, 6) is 0.500. The van der Waals surface area contributed by atoms with Crippen LogP contribution in [0.25, 0.3) is 0 Å². The molecular formula is C44H45ClN6O3. The van der Waals surface area contributed by atoms with Gasteiger partial charge in [0.25, 0.3) is 5.91 Å². The predicted molar refractivity (Wildman–Crippen MR) is 219 cm³/mol. The van der Waals surface area contributed by atoms with Gasteiger partial charge < -0.3 is 20.3 Å². The molecule has 9 nitrogen and oxygen atoms in total. The molecule has 0 bridgehead atoms. The average molecular weight is 741 g/mol. The van der Waals surface area contributed by atoms with E-state index < -0.39 is 17.2 Å². The van der Waals surface area contributed by atoms with Gasteiger partial charge in [0.1, 0.15) is 18.0 Å². The number of hydrogen-bond acceptors (Lipinski definition) is 6. The Balaban J connectivity index is 1.18. The third kappa shape index (κ3) is 8.27. The molecule has 0 aliphatic carbocycles. The van der Waals surface area contributed by atoms with Crippen molar-refractivity contribution in [3.05, 3.63) is 173 Å². The van der Waals surface area contributed by atoms with Gasteiger partial charge >= 0.3 is 6.09 Å². The van der Waals surface area contributed by atoms with Crippen LogP contribution in [0.3, 0.4) is 0 Å². The molecule has 6 aromatic rings. The Labute approximate surface area is 322 Å². The smallest absolute Gasteiger partial charge is 0.414 e. The van der Waals surface area contributed by atoms with Crippen molar-refractivity contribution in [2.45, 2.75) is 38.4 Å². The van der Waals surface area contributed by atoms with E-state index in [0.29, 0.717) is 34.2 Å². The topological polar surface area (TPSA) is 91.7 Å². The van der Waals surface area contributed by atoms with E-state index in [-0.39, 0.29) is 12.5 Å². The van der Waals surface area contributed by atoms with Crippen molar-refractivity contribution in [2.75, 3.05) is 41.1 Å². The number of anilines is 4. The van der Waals surface area contributed by atoms with Crippen molar-refractivity contribution in [3.63, 3.8) is 0 Å². The van der Waals surface area contributed by atoms with Crippen LogP contribution in [0.15, 0.2) is 146 Å². The van der Waals surface area contributed by atoms with Crippen molar-refractivity contribution in [2.24, 2.45) is 0 Å². The van der Waals surface area contributed by atoms with Gasteiger partial charge in [-0.25, -0.2) is 9.48 Å². The minimum Gasteiger partial charge on any atom is -0.447 e. The van der Waals surface area contributed by atoms with Gasteiger partial charge in [0.2, 0.25) is 0 Å². The third-order valence-corrected chi connectivity index (χ3v) is 9.34. The molecule has 5 aromatic carbocycles. The summed E-state index contributed by atoms with van der Waals surface area (Å²) in [4.78, 5) is 30.4. The second-order valence-electron chi connectivity index (χ2n) is 14.1. The maximum absolute atomic E-state index is 13.7. The van der Waals surface area contributed by atoms with E-state index in [1.165, 1.54) is 0 Å². The van der Waals surface area contributed by atoms with Crippen molar-refractivity contribution < 1.29 is 14.3 Å². The first-order valence-corrected chi connectivity index (χ1v) is 18.2. The molecule has 0 atom stereocenters. The van der Waals surface area contributed by atoms with Crippen molar-refractivity contribution in [3.8, 4) is 0 Å². The van der Waals surface area contributed by atoms with E-state index in [4.69, 9.17) is 16.3 Å². The number of benzene rings is 5. The summed E-state index contributed by atoms with van der Waals surface area (Å²) >= 11 is 6.18. The second-order valence-corrected chi connectivity index (χ2v) is 14.5.